The number of likely N-dealkylation sites (tertiary alicyclic amines) is 1. The van der Waals surface area contributed by atoms with Crippen LogP contribution in [0.2, 0.25) is 0 Å². The van der Waals surface area contributed by atoms with Crippen molar-refractivity contribution in [2.45, 2.75) is 32.2 Å². The number of ether oxygens (including phenoxy) is 1. The minimum Gasteiger partial charge on any atom is -0.454 e. The third-order valence-electron chi connectivity index (χ3n) is 7.10. The number of carbonyl (C=O) groups is 4. The van der Waals surface area contributed by atoms with E-state index in [1.54, 1.807) is 6.07 Å². The van der Waals surface area contributed by atoms with Gasteiger partial charge in [0.1, 0.15) is 6.04 Å². The lowest BCUT2D eigenvalue weighted by Crippen LogP contribution is -2.45. The largest absolute Gasteiger partial charge is 0.454 e. The van der Waals surface area contributed by atoms with Crippen molar-refractivity contribution in [3.05, 3.63) is 42.5 Å². The van der Waals surface area contributed by atoms with Crippen LogP contribution in [-0.4, -0.2) is 41.2 Å². The van der Waals surface area contributed by atoms with E-state index in [0.29, 0.717) is 5.69 Å². The molecule has 3 amide bonds. The molecule has 2 aromatic carbocycles. The lowest BCUT2D eigenvalue weighted by molar-refractivity contribution is -0.159. The zero-order chi connectivity index (χ0) is 21.7. The minimum atomic E-state index is -1.03. The Morgan fingerprint density at radius 3 is 2.39 bits per heavy atom. The van der Waals surface area contributed by atoms with Gasteiger partial charge in [-0.25, -0.2) is 4.79 Å². The summed E-state index contributed by atoms with van der Waals surface area (Å²) in [5.74, 6) is -1.80. The quantitative estimate of drug-likeness (QED) is 0.593. The van der Waals surface area contributed by atoms with Gasteiger partial charge in [-0.2, -0.15) is 0 Å². The summed E-state index contributed by atoms with van der Waals surface area (Å²) in [7, 11) is 0. The van der Waals surface area contributed by atoms with Crippen molar-refractivity contribution in [2.24, 2.45) is 23.7 Å². The van der Waals surface area contributed by atoms with Crippen LogP contribution in [0.1, 0.15) is 26.2 Å². The average Bonchev–Trinajstić information content (AvgIpc) is 3.45. The van der Waals surface area contributed by atoms with Crippen LogP contribution in [0.25, 0.3) is 10.8 Å². The predicted molar refractivity (Wildman–Crippen MR) is 113 cm³/mol. The molecule has 1 heterocycles. The fraction of sp³-hybridized carbons (Fsp3) is 0.417. The number of fused-ring (bicyclic) bond motifs is 6. The molecule has 2 aromatic rings. The van der Waals surface area contributed by atoms with Gasteiger partial charge in [0.25, 0.3) is 5.91 Å². The predicted octanol–water partition coefficient (Wildman–Crippen LogP) is 2.74. The Balaban J connectivity index is 1.21. The van der Waals surface area contributed by atoms with Crippen LogP contribution in [0.5, 0.6) is 0 Å². The van der Waals surface area contributed by atoms with Crippen LogP contribution in [-0.2, 0) is 23.9 Å². The number of esters is 1. The van der Waals surface area contributed by atoms with Gasteiger partial charge in [-0.3, -0.25) is 19.3 Å². The lowest BCUT2D eigenvalue weighted by atomic mass is 9.81. The first-order valence-electron chi connectivity index (χ1n) is 10.8. The molecular weight excluding hydrogens is 396 g/mol. The average molecular weight is 420 g/mol. The maximum absolute atomic E-state index is 12.9. The number of hydrogen-bond acceptors (Lipinski definition) is 5. The smallest absolute Gasteiger partial charge is 0.329 e. The molecule has 0 aromatic heterocycles. The number of imide groups is 1. The number of hydrogen-bond donors (Lipinski definition) is 1. The summed E-state index contributed by atoms with van der Waals surface area (Å²) in [4.78, 5) is 51.7. The lowest BCUT2D eigenvalue weighted by Gasteiger charge is -2.23. The molecule has 1 saturated heterocycles. The van der Waals surface area contributed by atoms with Crippen molar-refractivity contribution in [3.8, 4) is 0 Å². The third-order valence-corrected chi connectivity index (χ3v) is 7.10. The Morgan fingerprint density at radius 2 is 1.68 bits per heavy atom. The maximum atomic E-state index is 12.9. The molecule has 5 atom stereocenters. The van der Waals surface area contributed by atoms with E-state index in [-0.39, 0.29) is 35.5 Å². The van der Waals surface area contributed by atoms with Gasteiger partial charge in [-0.15, -0.1) is 0 Å². The molecule has 1 N–H and O–H groups in total. The van der Waals surface area contributed by atoms with Crippen LogP contribution in [0.15, 0.2) is 42.5 Å². The van der Waals surface area contributed by atoms with E-state index in [1.165, 1.54) is 6.92 Å². The van der Waals surface area contributed by atoms with Crippen LogP contribution in [0, 0.1) is 23.7 Å². The van der Waals surface area contributed by atoms with Gasteiger partial charge in [0, 0.05) is 11.1 Å². The van der Waals surface area contributed by atoms with Gasteiger partial charge >= 0.3 is 5.97 Å². The molecule has 7 nitrogen and oxygen atoms in total. The van der Waals surface area contributed by atoms with Gasteiger partial charge in [-0.05, 0) is 49.5 Å². The molecule has 2 saturated carbocycles. The van der Waals surface area contributed by atoms with E-state index in [0.717, 1.165) is 34.9 Å². The van der Waals surface area contributed by atoms with Gasteiger partial charge in [-0.1, -0.05) is 36.4 Å². The first-order valence-corrected chi connectivity index (χ1v) is 10.8. The summed E-state index contributed by atoms with van der Waals surface area (Å²) in [6.07, 6.45) is 2.89. The number of nitrogens with zero attached hydrogens (tertiary/aromatic N) is 1. The zero-order valence-electron chi connectivity index (χ0n) is 17.2. The van der Waals surface area contributed by atoms with Gasteiger partial charge in [0.15, 0.2) is 6.61 Å². The molecule has 31 heavy (non-hydrogen) atoms. The van der Waals surface area contributed by atoms with Crippen molar-refractivity contribution in [1.82, 2.24) is 4.90 Å². The number of nitrogens with one attached hydrogen (secondary N) is 1. The van der Waals surface area contributed by atoms with Gasteiger partial charge in [0.05, 0.1) is 11.8 Å². The second-order valence-electron chi connectivity index (χ2n) is 8.79. The van der Waals surface area contributed by atoms with E-state index in [4.69, 9.17) is 4.74 Å². The molecule has 5 rings (SSSR count). The topological polar surface area (TPSA) is 92.8 Å². The molecule has 0 unspecified atom stereocenters. The first-order chi connectivity index (χ1) is 15.0. The Labute approximate surface area is 179 Å². The molecule has 7 heteroatoms. The van der Waals surface area contributed by atoms with E-state index >= 15 is 0 Å². The van der Waals surface area contributed by atoms with Crippen molar-refractivity contribution in [1.29, 1.82) is 0 Å². The second kappa shape index (κ2) is 7.48. The number of benzene rings is 2. The third kappa shape index (κ3) is 3.19. The van der Waals surface area contributed by atoms with E-state index < -0.39 is 24.5 Å². The highest BCUT2D eigenvalue weighted by Crippen LogP contribution is 2.56. The van der Waals surface area contributed by atoms with Crippen molar-refractivity contribution < 1.29 is 23.9 Å². The molecule has 3 aliphatic rings. The highest BCUT2D eigenvalue weighted by Gasteiger charge is 2.62. The van der Waals surface area contributed by atoms with Crippen LogP contribution in [0.3, 0.4) is 0 Å². The van der Waals surface area contributed by atoms with Crippen LogP contribution >= 0.6 is 0 Å². The fourth-order valence-electron chi connectivity index (χ4n) is 5.70. The second-order valence-corrected chi connectivity index (χ2v) is 8.79. The first kappa shape index (κ1) is 19.7. The standard InChI is InChI=1S/C24H24N2O5/c1-13(26-22(28)20-15-9-10-16(11-15)21(20)23(26)29)24(30)31-12-19(27)25-18-8-4-6-14-5-2-3-7-17(14)18/h2-8,13,15-16,20-21H,9-12H2,1H3,(H,25,27)/t13-,15-,16-,20-,21-/m0/s1. The normalized spacial score (nSPS) is 27.5. The Hall–Kier alpha value is -3.22. The molecule has 0 radical (unpaired) electrons. The summed E-state index contributed by atoms with van der Waals surface area (Å²) in [6.45, 7) is 1.00. The van der Waals surface area contributed by atoms with Crippen molar-refractivity contribution in [2.75, 3.05) is 11.9 Å². The molecule has 2 aliphatic carbocycles. The maximum Gasteiger partial charge on any atom is 0.329 e. The summed E-state index contributed by atoms with van der Waals surface area (Å²) in [5.41, 5.74) is 0.625. The van der Waals surface area contributed by atoms with Crippen LogP contribution in [0.4, 0.5) is 5.69 Å². The highest BCUT2D eigenvalue weighted by atomic mass is 16.5. The molecule has 3 fully saturated rings. The summed E-state index contributed by atoms with van der Waals surface area (Å²) in [6, 6.07) is 12.2. The number of carbonyl (C=O) groups excluding carboxylic acids is 4. The van der Waals surface area contributed by atoms with Crippen molar-refractivity contribution in [3.63, 3.8) is 0 Å². The summed E-state index contributed by atoms with van der Waals surface area (Å²) < 4.78 is 5.15. The fourth-order valence-corrected chi connectivity index (χ4v) is 5.70. The van der Waals surface area contributed by atoms with E-state index in [2.05, 4.69) is 5.32 Å². The summed E-state index contributed by atoms with van der Waals surface area (Å²) in [5, 5.41) is 4.62. The zero-order valence-corrected chi connectivity index (χ0v) is 17.2. The van der Waals surface area contributed by atoms with Gasteiger partial charge in [0.2, 0.25) is 11.8 Å². The number of amides is 3. The van der Waals surface area contributed by atoms with Crippen LogP contribution < -0.4 is 5.32 Å². The van der Waals surface area contributed by atoms with Crippen molar-refractivity contribution >= 4 is 40.2 Å². The monoisotopic (exact) mass is 420 g/mol. The number of anilines is 1. The van der Waals surface area contributed by atoms with Gasteiger partial charge < -0.3 is 10.1 Å². The SMILES string of the molecule is C[C@@H](C(=O)OCC(=O)Nc1cccc2ccccc12)N1C(=O)[C@H]2[C@H]3CC[C@@H](C3)[C@@H]2C1=O. The van der Waals surface area contributed by atoms with E-state index in [1.807, 2.05) is 36.4 Å². The number of rotatable bonds is 5. The minimum absolute atomic E-state index is 0.256. The Kier molecular flexibility index (Phi) is 4.76. The molecule has 2 bridgehead atoms. The Morgan fingerprint density at radius 1 is 1.03 bits per heavy atom. The van der Waals surface area contributed by atoms with E-state index in [9.17, 15) is 19.2 Å². The molecular formula is C24H24N2O5. The molecule has 160 valence electrons. The highest BCUT2D eigenvalue weighted by molar-refractivity contribution is 6.09. The molecule has 1 aliphatic heterocycles. The Bertz CT molecular complexity index is 1060. The summed E-state index contributed by atoms with van der Waals surface area (Å²) >= 11 is 0. The molecule has 0 spiro atoms.